The zero-order chi connectivity index (χ0) is 18.1. The molecule has 0 saturated carbocycles. The number of hydrogen-bond donors (Lipinski definition) is 5. The van der Waals surface area contributed by atoms with Gasteiger partial charge in [-0.15, -0.1) is 0 Å². The van der Waals surface area contributed by atoms with Crippen LogP contribution >= 0.6 is 0 Å². The SMILES string of the molecule is CC(C)C(NC(=O)C1CCCN1)C(=O)NC(CCCCN)C(=O)O. The first-order valence-corrected chi connectivity index (χ1v) is 8.63. The number of carbonyl (C=O) groups excluding carboxylic acids is 2. The lowest BCUT2D eigenvalue weighted by Gasteiger charge is -2.25. The number of hydrogen-bond acceptors (Lipinski definition) is 5. The molecule has 0 bridgehead atoms. The molecule has 8 heteroatoms. The fraction of sp³-hybridized carbons (Fsp3) is 0.812. The fourth-order valence-corrected chi connectivity index (χ4v) is 2.71. The molecule has 1 saturated heterocycles. The lowest BCUT2D eigenvalue weighted by atomic mass is 10.0. The summed E-state index contributed by atoms with van der Waals surface area (Å²) in [6, 6.07) is -2.00. The Hall–Kier alpha value is -1.67. The number of unbranched alkanes of at least 4 members (excludes halogenated alkanes) is 1. The standard InChI is InChI=1S/C16H30N4O4/c1-10(2)13(20-14(21)11-7-5-9-18-11)15(22)19-12(16(23)24)6-3-4-8-17/h10-13,18H,3-9,17H2,1-2H3,(H,19,22)(H,20,21)(H,23,24). The van der Waals surface area contributed by atoms with E-state index in [1.807, 2.05) is 13.8 Å². The minimum absolute atomic E-state index is 0.145. The third kappa shape index (κ3) is 6.45. The molecular weight excluding hydrogens is 312 g/mol. The Morgan fingerprint density at radius 2 is 1.96 bits per heavy atom. The Morgan fingerprint density at radius 3 is 2.46 bits per heavy atom. The maximum atomic E-state index is 12.4. The van der Waals surface area contributed by atoms with Crippen molar-refractivity contribution in [1.29, 1.82) is 0 Å². The van der Waals surface area contributed by atoms with Crippen molar-refractivity contribution in [3.05, 3.63) is 0 Å². The van der Waals surface area contributed by atoms with Gasteiger partial charge in [-0.3, -0.25) is 9.59 Å². The van der Waals surface area contributed by atoms with Crippen LogP contribution in [0.2, 0.25) is 0 Å². The van der Waals surface area contributed by atoms with Gasteiger partial charge in [-0.2, -0.15) is 0 Å². The average molecular weight is 342 g/mol. The molecule has 0 spiro atoms. The Bertz CT molecular complexity index is 436. The van der Waals surface area contributed by atoms with Gasteiger partial charge in [0.2, 0.25) is 11.8 Å². The highest BCUT2D eigenvalue weighted by molar-refractivity contribution is 5.92. The van der Waals surface area contributed by atoms with E-state index in [-0.39, 0.29) is 17.9 Å². The summed E-state index contributed by atoms with van der Waals surface area (Å²) in [5.74, 6) is -1.90. The van der Waals surface area contributed by atoms with E-state index in [1.165, 1.54) is 0 Å². The Morgan fingerprint density at radius 1 is 1.25 bits per heavy atom. The van der Waals surface area contributed by atoms with Gasteiger partial charge in [-0.25, -0.2) is 4.79 Å². The van der Waals surface area contributed by atoms with Crippen LogP contribution < -0.4 is 21.7 Å². The maximum absolute atomic E-state index is 12.4. The predicted octanol–water partition coefficient (Wildman–Crippen LogP) is -0.422. The summed E-state index contributed by atoms with van der Waals surface area (Å²) >= 11 is 0. The number of carbonyl (C=O) groups is 3. The van der Waals surface area contributed by atoms with E-state index in [1.54, 1.807) is 0 Å². The topological polar surface area (TPSA) is 134 Å². The quantitative estimate of drug-likeness (QED) is 0.342. The van der Waals surface area contributed by atoms with E-state index in [0.29, 0.717) is 25.8 Å². The fourth-order valence-electron chi connectivity index (χ4n) is 2.71. The van der Waals surface area contributed by atoms with Crippen LogP contribution in [0.4, 0.5) is 0 Å². The molecule has 0 aromatic rings. The Balaban J connectivity index is 2.63. The van der Waals surface area contributed by atoms with Gasteiger partial charge in [0.15, 0.2) is 0 Å². The van der Waals surface area contributed by atoms with Gasteiger partial charge in [0.1, 0.15) is 12.1 Å². The highest BCUT2D eigenvalue weighted by atomic mass is 16.4. The van der Waals surface area contributed by atoms with Crippen LogP contribution in [0.5, 0.6) is 0 Å². The number of aliphatic carboxylic acids is 1. The highest BCUT2D eigenvalue weighted by Crippen LogP contribution is 2.09. The van der Waals surface area contributed by atoms with Gasteiger partial charge in [0.25, 0.3) is 0 Å². The van der Waals surface area contributed by atoms with Crippen molar-refractivity contribution < 1.29 is 19.5 Å². The average Bonchev–Trinajstić information content (AvgIpc) is 3.05. The molecular formula is C16H30N4O4. The summed E-state index contributed by atoms with van der Waals surface area (Å²) in [7, 11) is 0. The predicted molar refractivity (Wildman–Crippen MR) is 90.3 cm³/mol. The van der Waals surface area contributed by atoms with E-state index in [2.05, 4.69) is 16.0 Å². The largest absolute Gasteiger partial charge is 0.480 e. The molecule has 0 aliphatic carbocycles. The van der Waals surface area contributed by atoms with Crippen LogP contribution in [0, 0.1) is 5.92 Å². The van der Waals surface area contributed by atoms with Gasteiger partial charge >= 0.3 is 5.97 Å². The number of carboxylic acid groups (broad SMARTS) is 1. The first-order chi connectivity index (χ1) is 11.4. The molecule has 1 heterocycles. The van der Waals surface area contributed by atoms with E-state index in [0.717, 1.165) is 19.4 Å². The number of rotatable bonds is 10. The Labute approximate surface area is 142 Å². The molecule has 3 unspecified atom stereocenters. The van der Waals surface area contributed by atoms with Gasteiger partial charge in [-0.1, -0.05) is 13.8 Å². The van der Waals surface area contributed by atoms with Crippen molar-refractivity contribution in [2.75, 3.05) is 13.1 Å². The monoisotopic (exact) mass is 342 g/mol. The normalized spacial score (nSPS) is 19.8. The maximum Gasteiger partial charge on any atom is 0.326 e. The van der Waals surface area contributed by atoms with Crippen molar-refractivity contribution in [1.82, 2.24) is 16.0 Å². The van der Waals surface area contributed by atoms with Crippen molar-refractivity contribution in [2.45, 2.75) is 64.1 Å². The van der Waals surface area contributed by atoms with Gasteiger partial charge in [0, 0.05) is 0 Å². The molecule has 6 N–H and O–H groups in total. The van der Waals surface area contributed by atoms with Crippen LogP contribution in [0.25, 0.3) is 0 Å². The molecule has 1 fully saturated rings. The molecule has 8 nitrogen and oxygen atoms in total. The molecule has 1 aliphatic rings. The molecule has 24 heavy (non-hydrogen) atoms. The van der Waals surface area contributed by atoms with Crippen molar-refractivity contribution in [2.24, 2.45) is 11.7 Å². The minimum Gasteiger partial charge on any atom is -0.480 e. The summed E-state index contributed by atoms with van der Waals surface area (Å²) in [5, 5.41) is 17.6. The Kier molecular flexibility index (Phi) is 8.70. The first kappa shape index (κ1) is 20.4. The molecule has 0 radical (unpaired) electrons. The summed E-state index contributed by atoms with van der Waals surface area (Å²) in [6.07, 6.45) is 3.32. The molecule has 3 atom stereocenters. The van der Waals surface area contributed by atoms with E-state index < -0.39 is 24.0 Å². The van der Waals surface area contributed by atoms with Crippen LogP contribution in [-0.4, -0.2) is 54.1 Å². The molecule has 0 aromatic carbocycles. The minimum atomic E-state index is -1.08. The lowest BCUT2D eigenvalue weighted by molar-refractivity contribution is -0.142. The lowest BCUT2D eigenvalue weighted by Crippen LogP contribution is -2.56. The molecule has 2 amide bonds. The third-order valence-electron chi connectivity index (χ3n) is 4.19. The van der Waals surface area contributed by atoms with Crippen LogP contribution in [0.3, 0.4) is 0 Å². The van der Waals surface area contributed by atoms with E-state index >= 15 is 0 Å². The van der Waals surface area contributed by atoms with E-state index in [9.17, 15) is 19.5 Å². The van der Waals surface area contributed by atoms with Crippen LogP contribution in [-0.2, 0) is 14.4 Å². The highest BCUT2D eigenvalue weighted by Gasteiger charge is 2.31. The smallest absolute Gasteiger partial charge is 0.326 e. The van der Waals surface area contributed by atoms with Gasteiger partial charge < -0.3 is 26.8 Å². The number of nitrogens with one attached hydrogen (secondary N) is 3. The second-order valence-electron chi connectivity index (χ2n) is 6.56. The van der Waals surface area contributed by atoms with Crippen molar-refractivity contribution in [3.63, 3.8) is 0 Å². The van der Waals surface area contributed by atoms with Crippen molar-refractivity contribution in [3.8, 4) is 0 Å². The zero-order valence-electron chi connectivity index (χ0n) is 14.5. The zero-order valence-corrected chi connectivity index (χ0v) is 14.5. The summed E-state index contributed by atoms with van der Waals surface area (Å²) in [5.41, 5.74) is 5.41. The first-order valence-electron chi connectivity index (χ1n) is 8.63. The van der Waals surface area contributed by atoms with Crippen LogP contribution in [0.1, 0.15) is 46.0 Å². The molecule has 138 valence electrons. The number of carboxylic acids is 1. The van der Waals surface area contributed by atoms with E-state index in [4.69, 9.17) is 5.73 Å². The molecule has 1 rings (SSSR count). The number of nitrogens with two attached hydrogens (primary N) is 1. The summed E-state index contributed by atoms with van der Waals surface area (Å²) in [4.78, 5) is 36.0. The number of amides is 2. The van der Waals surface area contributed by atoms with Gasteiger partial charge in [-0.05, 0) is 51.1 Å². The van der Waals surface area contributed by atoms with Crippen molar-refractivity contribution >= 4 is 17.8 Å². The molecule has 0 aromatic heterocycles. The second kappa shape index (κ2) is 10.2. The summed E-state index contributed by atoms with van der Waals surface area (Å²) in [6.45, 7) is 4.91. The third-order valence-corrected chi connectivity index (χ3v) is 4.19. The van der Waals surface area contributed by atoms with Gasteiger partial charge in [0.05, 0.1) is 6.04 Å². The second-order valence-corrected chi connectivity index (χ2v) is 6.56. The summed E-state index contributed by atoms with van der Waals surface area (Å²) < 4.78 is 0. The molecule has 1 aliphatic heterocycles. The van der Waals surface area contributed by atoms with Crippen LogP contribution in [0.15, 0.2) is 0 Å².